The highest BCUT2D eigenvalue weighted by Gasteiger charge is 2.20. The molecule has 0 spiro atoms. The van der Waals surface area contributed by atoms with E-state index in [-0.39, 0.29) is 0 Å². The van der Waals surface area contributed by atoms with Crippen LogP contribution >= 0.6 is 0 Å². The number of hydrogen-bond donors (Lipinski definition) is 0. The van der Waals surface area contributed by atoms with Crippen LogP contribution in [0.4, 0.5) is 0 Å². The molecule has 224 valence electrons. The average Bonchev–Trinajstić information content (AvgIpc) is 3.79. The monoisotopic (exact) mass is 606 g/mol. The number of fused-ring (bicyclic) bond motifs is 5. The zero-order chi connectivity index (χ0) is 31.3. The van der Waals surface area contributed by atoms with E-state index in [2.05, 4.69) is 164 Å². The molecule has 47 heavy (non-hydrogen) atoms. The smallest absolute Gasteiger partial charge is 0.243 e. The van der Waals surface area contributed by atoms with Crippen LogP contribution in [-0.4, -0.2) is 23.5 Å². The summed E-state index contributed by atoms with van der Waals surface area (Å²) in [5.41, 5.74) is 13.1. The van der Waals surface area contributed by atoms with Crippen molar-refractivity contribution in [2.24, 2.45) is 7.05 Å². The Kier molecular flexibility index (Phi) is 6.32. The number of para-hydroxylation sites is 3. The number of aromatic nitrogens is 6. The van der Waals surface area contributed by atoms with Gasteiger partial charge in [-0.15, -0.1) is 0 Å². The molecule has 0 aliphatic heterocycles. The molecule has 0 aliphatic carbocycles. The Labute approximate surface area is 272 Å². The second kappa shape index (κ2) is 11.0. The second-order valence-electron chi connectivity index (χ2n) is 11.9. The Hall–Kier alpha value is -6.27. The number of imidazole rings is 3. The van der Waals surface area contributed by atoms with Crippen LogP contribution in [0.3, 0.4) is 0 Å². The summed E-state index contributed by atoms with van der Waals surface area (Å²) in [4.78, 5) is 9.87. The molecule has 0 fully saturated rings. The van der Waals surface area contributed by atoms with Crippen molar-refractivity contribution in [3.05, 3.63) is 170 Å². The number of benzene rings is 5. The highest BCUT2D eigenvalue weighted by Crippen LogP contribution is 2.36. The third kappa shape index (κ3) is 4.61. The van der Waals surface area contributed by atoms with Gasteiger partial charge in [0.25, 0.3) is 0 Å². The zero-order valence-electron chi connectivity index (χ0n) is 25.8. The Morgan fingerprint density at radius 1 is 0.681 bits per heavy atom. The van der Waals surface area contributed by atoms with E-state index in [1.165, 1.54) is 11.3 Å². The summed E-state index contributed by atoms with van der Waals surface area (Å²) in [6.45, 7) is 0. The van der Waals surface area contributed by atoms with Gasteiger partial charge in [0.2, 0.25) is 12.1 Å². The van der Waals surface area contributed by atoms with E-state index in [1.54, 1.807) is 0 Å². The van der Waals surface area contributed by atoms with Crippen LogP contribution < -0.4 is 4.57 Å². The molecule has 9 rings (SSSR count). The first kappa shape index (κ1) is 27.1. The Morgan fingerprint density at radius 2 is 1.45 bits per heavy atom. The van der Waals surface area contributed by atoms with E-state index < -0.39 is 0 Å². The molecular formula is C41H30N6. The van der Waals surface area contributed by atoms with Crippen molar-refractivity contribution in [2.75, 3.05) is 0 Å². The van der Waals surface area contributed by atoms with Gasteiger partial charge in [-0.3, -0.25) is 14.0 Å². The van der Waals surface area contributed by atoms with Crippen LogP contribution in [0.15, 0.2) is 152 Å². The van der Waals surface area contributed by atoms with E-state index in [0.717, 1.165) is 68.0 Å². The van der Waals surface area contributed by atoms with E-state index >= 15 is 0 Å². The molecule has 0 unspecified atom stereocenters. The largest absolute Gasteiger partial charge is 0.326 e. The van der Waals surface area contributed by atoms with E-state index in [9.17, 15) is 0 Å². The number of aryl methyl sites for hydroxylation is 1. The maximum absolute atomic E-state index is 5.26. The third-order valence-electron chi connectivity index (χ3n) is 8.92. The summed E-state index contributed by atoms with van der Waals surface area (Å²) in [6.07, 6.45) is 8.23. The lowest BCUT2D eigenvalue weighted by Gasteiger charge is -2.08. The molecule has 0 radical (unpaired) electrons. The van der Waals surface area contributed by atoms with Gasteiger partial charge in [-0.25, -0.2) is 4.98 Å². The van der Waals surface area contributed by atoms with Gasteiger partial charge in [-0.05, 0) is 66.1 Å². The van der Waals surface area contributed by atoms with Gasteiger partial charge < -0.3 is 9.13 Å². The molecule has 0 bridgehead atoms. The maximum atomic E-state index is 5.26. The molecule has 4 aromatic heterocycles. The molecule has 5 aromatic carbocycles. The van der Waals surface area contributed by atoms with Gasteiger partial charge >= 0.3 is 0 Å². The standard InChI is InChI=1S/C41H30N6/c1-44-28-45(32-14-4-2-5-15-32)27-34(44)24-29-21-22-38-39(25-29)47-40-35(30-12-10-13-31(26-30)36-19-8-9-23-42-36)18-11-20-37(40)43-41(47)46(38)33-16-6-3-7-17-33/h2-23,25-27H,24H2,1H3. The van der Waals surface area contributed by atoms with Crippen molar-refractivity contribution in [3.8, 4) is 33.8 Å². The minimum absolute atomic E-state index is 0.770. The first-order valence-electron chi connectivity index (χ1n) is 15.8. The molecule has 0 saturated heterocycles. The van der Waals surface area contributed by atoms with Crippen molar-refractivity contribution in [1.82, 2.24) is 23.5 Å². The van der Waals surface area contributed by atoms with E-state index in [1.807, 2.05) is 24.4 Å². The van der Waals surface area contributed by atoms with Crippen molar-refractivity contribution in [2.45, 2.75) is 6.42 Å². The van der Waals surface area contributed by atoms with Crippen LogP contribution in [-0.2, 0) is 13.5 Å². The highest BCUT2D eigenvalue weighted by atomic mass is 15.2. The topological polar surface area (TPSA) is 43.9 Å². The molecule has 4 heterocycles. The summed E-state index contributed by atoms with van der Waals surface area (Å²) in [6, 6.07) is 48.7. The molecule has 6 nitrogen and oxygen atoms in total. The summed E-state index contributed by atoms with van der Waals surface area (Å²) >= 11 is 0. The van der Waals surface area contributed by atoms with Gasteiger partial charge in [0, 0.05) is 34.9 Å². The van der Waals surface area contributed by atoms with Gasteiger partial charge in [-0.1, -0.05) is 91.0 Å². The van der Waals surface area contributed by atoms with E-state index in [0.29, 0.717) is 0 Å². The molecular weight excluding hydrogens is 576 g/mol. The minimum atomic E-state index is 0.770. The molecule has 0 amide bonds. The van der Waals surface area contributed by atoms with Crippen molar-refractivity contribution < 1.29 is 4.57 Å². The number of hydrogen-bond acceptors (Lipinski definition) is 2. The molecule has 6 heteroatoms. The van der Waals surface area contributed by atoms with Crippen molar-refractivity contribution in [1.29, 1.82) is 0 Å². The molecule has 0 saturated carbocycles. The van der Waals surface area contributed by atoms with E-state index in [4.69, 9.17) is 4.98 Å². The highest BCUT2D eigenvalue weighted by molar-refractivity contribution is 6.00. The fourth-order valence-electron chi connectivity index (χ4n) is 6.68. The lowest BCUT2D eigenvalue weighted by Crippen LogP contribution is -2.30. The minimum Gasteiger partial charge on any atom is -0.326 e. The summed E-state index contributed by atoms with van der Waals surface area (Å²) in [5, 5.41) is 0. The third-order valence-corrected chi connectivity index (χ3v) is 8.92. The predicted molar refractivity (Wildman–Crippen MR) is 187 cm³/mol. The van der Waals surface area contributed by atoms with Crippen molar-refractivity contribution in [3.63, 3.8) is 0 Å². The van der Waals surface area contributed by atoms with Crippen LogP contribution in [0, 0.1) is 6.33 Å². The maximum Gasteiger partial charge on any atom is 0.243 e. The Morgan fingerprint density at radius 3 is 2.26 bits per heavy atom. The first-order valence-corrected chi connectivity index (χ1v) is 15.8. The van der Waals surface area contributed by atoms with Gasteiger partial charge in [0.1, 0.15) is 0 Å². The van der Waals surface area contributed by atoms with Gasteiger partial charge in [0.05, 0.1) is 40.5 Å². The normalized spacial score (nSPS) is 11.6. The number of rotatable bonds is 6. The molecule has 0 N–H and O–H groups in total. The number of nitrogens with zero attached hydrogens (tertiary/aromatic N) is 6. The second-order valence-corrected chi connectivity index (χ2v) is 11.9. The van der Waals surface area contributed by atoms with Gasteiger partial charge in [0.15, 0.2) is 0 Å². The predicted octanol–water partition coefficient (Wildman–Crippen LogP) is 8.17. The fourth-order valence-corrected chi connectivity index (χ4v) is 6.68. The summed E-state index contributed by atoms with van der Waals surface area (Å²) < 4.78 is 8.76. The Balaban J connectivity index is 1.25. The average molecular weight is 607 g/mol. The molecule has 9 aromatic rings. The molecule has 0 aliphatic rings. The fraction of sp³-hybridized carbons (Fsp3) is 0.0488. The summed E-state index contributed by atoms with van der Waals surface area (Å²) in [7, 11) is 2.06. The number of pyridine rings is 1. The lowest BCUT2D eigenvalue weighted by molar-refractivity contribution is -0.681. The van der Waals surface area contributed by atoms with Crippen LogP contribution in [0.1, 0.15) is 11.3 Å². The van der Waals surface area contributed by atoms with Crippen LogP contribution in [0.5, 0.6) is 0 Å². The summed E-state index contributed by atoms with van der Waals surface area (Å²) in [5.74, 6) is 0.890. The molecule has 0 atom stereocenters. The van der Waals surface area contributed by atoms with Gasteiger partial charge in [-0.2, -0.15) is 0 Å². The Bertz CT molecular complexity index is 2540. The zero-order valence-corrected chi connectivity index (χ0v) is 25.8. The SMILES string of the molecule is C[n+]1[c-]n(-c2ccccc2)cc1Cc1ccc2c(c1)n1c3c(-c4cccc(-c5ccccn5)c4)cccc3nc1n2-c1ccccc1. The first-order chi connectivity index (χ1) is 23.2. The lowest BCUT2D eigenvalue weighted by atomic mass is 10.00. The quantitative estimate of drug-likeness (QED) is 0.142. The van der Waals surface area contributed by atoms with Crippen LogP contribution in [0.2, 0.25) is 0 Å². The van der Waals surface area contributed by atoms with Crippen molar-refractivity contribution >= 4 is 27.8 Å². The van der Waals surface area contributed by atoms with Crippen LogP contribution in [0.25, 0.3) is 61.6 Å².